The number of aromatic nitrogens is 3. The lowest BCUT2D eigenvalue weighted by Crippen LogP contribution is -1.83. The average Bonchev–Trinajstić information content (AvgIpc) is 2.21. The van der Waals surface area contributed by atoms with Gasteiger partial charge in [-0.1, -0.05) is 0 Å². The van der Waals surface area contributed by atoms with E-state index in [0.29, 0.717) is 0 Å². The van der Waals surface area contributed by atoms with Crippen molar-refractivity contribution in [3.05, 3.63) is 43.1 Å². The molecule has 0 atom stereocenters. The van der Waals surface area contributed by atoms with Crippen LogP contribution >= 0.6 is 0 Å². The lowest BCUT2D eigenvalue weighted by Gasteiger charge is -1.96. The van der Waals surface area contributed by atoms with Gasteiger partial charge < -0.3 is 0 Å². The predicted molar refractivity (Wildman–Crippen MR) is 44.1 cm³/mol. The fraction of sp³-hybridized carbons (Fsp3) is 0. The molecule has 57 valence electrons. The van der Waals surface area contributed by atoms with Crippen molar-refractivity contribution in [2.45, 2.75) is 0 Å². The van der Waals surface area contributed by atoms with Gasteiger partial charge in [0.1, 0.15) is 6.33 Å². The predicted octanol–water partition coefficient (Wildman–Crippen LogP) is 1.34. The third kappa shape index (κ3) is 1.29. The zero-order valence-electron chi connectivity index (χ0n) is 6.31. The molecule has 2 rings (SSSR count). The molecule has 0 aliphatic heterocycles. The molecule has 0 N–H and O–H groups in total. The zero-order valence-corrected chi connectivity index (χ0v) is 6.31. The molecule has 3 heteroatoms. The standard InChI is InChI=1S/C9H6N3/c1-4-10-5-2-8(1)9-3-6-11-7-12-9/h1-5,7H. The summed E-state index contributed by atoms with van der Waals surface area (Å²) in [4.78, 5) is 11.7. The summed E-state index contributed by atoms with van der Waals surface area (Å²) in [6.07, 6.45) is 7.68. The highest BCUT2D eigenvalue weighted by Crippen LogP contribution is 2.12. The van der Waals surface area contributed by atoms with Crippen LogP contribution in [0.5, 0.6) is 0 Å². The van der Waals surface area contributed by atoms with Gasteiger partial charge in [-0.3, -0.25) is 4.98 Å². The summed E-state index contributed by atoms with van der Waals surface area (Å²) >= 11 is 0. The van der Waals surface area contributed by atoms with Crippen molar-refractivity contribution >= 4 is 0 Å². The van der Waals surface area contributed by atoms with Crippen molar-refractivity contribution in [3.8, 4) is 11.3 Å². The summed E-state index contributed by atoms with van der Waals surface area (Å²) < 4.78 is 0. The van der Waals surface area contributed by atoms with Crippen molar-refractivity contribution in [3.63, 3.8) is 0 Å². The smallest absolute Gasteiger partial charge is 0.116 e. The fourth-order valence-corrected chi connectivity index (χ4v) is 0.941. The number of hydrogen-bond acceptors (Lipinski definition) is 3. The van der Waals surface area contributed by atoms with E-state index in [1.165, 1.54) is 6.33 Å². The molecule has 0 aromatic carbocycles. The van der Waals surface area contributed by atoms with Gasteiger partial charge in [-0.15, -0.1) is 0 Å². The molecule has 0 spiro atoms. The Morgan fingerprint density at radius 1 is 1.17 bits per heavy atom. The first-order valence-corrected chi connectivity index (χ1v) is 3.55. The molecule has 12 heavy (non-hydrogen) atoms. The van der Waals surface area contributed by atoms with Crippen LogP contribution in [0, 0.1) is 6.20 Å². The molecule has 2 aromatic rings. The van der Waals surface area contributed by atoms with Gasteiger partial charge in [0.05, 0.1) is 11.9 Å². The van der Waals surface area contributed by atoms with E-state index in [-0.39, 0.29) is 0 Å². The number of nitrogens with zero attached hydrogens (tertiary/aromatic N) is 3. The maximum absolute atomic E-state index is 4.08. The Morgan fingerprint density at radius 2 is 2.00 bits per heavy atom. The Bertz CT molecular complexity index is 307. The van der Waals surface area contributed by atoms with E-state index >= 15 is 0 Å². The second-order valence-electron chi connectivity index (χ2n) is 2.27. The first-order chi connectivity index (χ1) is 5.97. The molecule has 0 saturated carbocycles. The molecule has 0 amide bonds. The van der Waals surface area contributed by atoms with E-state index in [9.17, 15) is 0 Å². The largest absolute Gasteiger partial charge is 0.265 e. The summed E-state index contributed by atoms with van der Waals surface area (Å²) in [5, 5.41) is 0. The molecule has 0 aliphatic carbocycles. The van der Waals surface area contributed by atoms with E-state index in [2.05, 4.69) is 21.1 Å². The molecule has 0 aliphatic rings. The third-order valence-corrected chi connectivity index (χ3v) is 1.51. The second kappa shape index (κ2) is 3.09. The SMILES string of the molecule is [c]1cc(-c2ccncc2)ncn1. The molecule has 0 bridgehead atoms. The highest BCUT2D eigenvalue weighted by atomic mass is 14.8. The van der Waals surface area contributed by atoms with Crippen LogP contribution in [0.1, 0.15) is 0 Å². The van der Waals surface area contributed by atoms with Gasteiger partial charge in [-0.05, 0) is 18.2 Å². The molecular formula is C9H6N3. The zero-order chi connectivity index (χ0) is 8.23. The van der Waals surface area contributed by atoms with Crippen LogP contribution in [0.3, 0.4) is 0 Å². The van der Waals surface area contributed by atoms with Gasteiger partial charge in [0.2, 0.25) is 0 Å². The molecule has 2 heterocycles. The van der Waals surface area contributed by atoms with Crippen LogP contribution in [0.15, 0.2) is 36.9 Å². The van der Waals surface area contributed by atoms with E-state index in [1.54, 1.807) is 18.5 Å². The Morgan fingerprint density at radius 3 is 2.67 bits per heavy atom. The minimum atomic E-state index is 0.868. The van der Waals surface area contributed by atoms with Crippen LogP contribution < -0.4 is 0 Å². The van der Waals surface area contributed by atoms with E-state index in [1.807, 2.05) is 12.1 Å². The Balaban J connectivity index is 2.46. The molecule has 1 radical (unpaired) electrons. The second-order valence-corrected chi connectivity index (χ2v) is 2.27. The molecular weight excluding hydrogens is 150 g/mol. The van der Waals surface area contributed by atoms with Gasteiger partial charge in [0, 0.05) is 18.0 Å². The first kappa shape index (κ1) is 6.91. The number of hydrogen-bond donors (Lipinski definition) is 0. The first-order valence-electron chi connectivity index (χ1n) is 3.55. The Labute approximate surface area is 70.1 Å². The maximum Gasteiger partial charge on any atom is 0.116 e. The fourth-order valence-electron chi connectivity index (χ4n) is 0.941. The van der Waals surface area contributed by atoms with Gasteiger partial charge >= 0.3 is 0 Å². The van der Waals surface area contributed by atoms with Crippen LogP contribution in [-0.2, 0) is 0 Å². The van der Waals surface area contributed by atoms with Crippen molar-refractivity contribution in [2.75, 3.05) is 0 Å². The summed E-state index contributed by atoms with van der Waals surface area (Å²) in [5.74, 6) is 0. The van der Waals surface area contributed by atoms with Gasteiger partial charge in [-0.2, -0.15) is 0 Å². The van der Waals surface area contributed by atoms with Crippen molar-refractivity contribution < 1.29 is 0 Å². The summed E-state index contributed by atoms with van der Waals surface area (Å²) in [5.41, 5.74) is 1.90. The monoisotopic (exact) mass is 156 g/mol. The maximum atomic E-state index is 4.08. The van der Waals surface area contributed by atoms with Crippen LogP contribution in [0.25, 0.3) is 11.3 Å². The third-order valence-electron chi connectivity index (χ3n) is 1.51. The molecule has 2 aromatic heterocycles. The quantitative estimate of drug-likeness (QED) is 0.625. The van der Waals surface area contributed by atoms with Crippen LogP contribution in [0.4, 0.5) is 0 Å². The molecule has 0 saturated heterocycles. The van der Waals surface area contributed by atoms with E-state index in [4.69, 9.17) is 0 Å². The van der Waals surface area contributed by atoms with Crippen molar-refractivity contribution in [2.24, 2.45) is 0 Å². The van der Waals surface area contributed by atoms with Crippen molar-refractivity contribution in [1.82, 2.24) is 15.0 Å². The Kier molecular flexibility index (Phi) is 1.78. The van der Waals surface area contributed by atoms with Gasteiger partial charge in [0.15, 0.2) is 0 Å². The molecule has 3 nitrogen and oxygen atoms in total. The highest BCUT2D eigenvalue weighted by Gasteiger charge is 1.94. The lowest BCUT2D eigenvalue weighted by molar-refractivity contribution is 1.16. The number of rotatable bonds is 1. The molecule has 0 fully saturated rings. The normalized spacial score (nSPS) is 9.67. The summed E-state index contributed by atoms with van der Waals surface area (Å²) in [7, 11) is 0. The average molecular weight is 156 g/mol. The summed E-state index contributed by atoms with van der Waals surface area (Å²) in [6.45, 7) is 0. The van der Waals surface area contributed by atoms with Gasteiger partial charge in [0.25, 0.3) is 0 Å². The minimum Gasteiger partial charge on any atom is -0.265 e. The van der Waals surface area contributed by atoms with Crippen molar-refractivity contribution in [1.29, 1.82) is 0 Å². The summed E-state index contributed by atoms with van der Waals surface area (Å²) in [6, 6.07) is 5.54. The topological polar surface area (TPSA) is 38.7 Å². The highest BCUT2D eigenvalue weighted by molar-refractivity contribution is 5.56. The number of pyridine rings is 1. The van der Waals surface area contributed by atoms with Crippen LogP contribution in [-0.4, -0.2) is 15.0 Å². The van der Waals surface area contributed by atoms with E-state index in [0.717, 1.165) is 11.3 Å². The van der Waals surface area contributed by atoms with Gasteiger partial charge in [-0.25, -0.2) is 9.97 Å². The van der Waals surface area contributed by atoms with Crippen LogP contribution in [0.2, 0.25) is 0 Å². The van der Waals surface area contributed by atoms with E-state index < -0.39 is 0 Å². The molecule has 0 unspecified atom stereocenters. The minimum absolute atomic E-state index is 0.868. The Hall–Kier alpha value is -1.77. The lowest BCUT2D eigenvalue weighted by atomic mass is 10.2.